The topological polar surface area (TPSA) is 58.6 Å². The number of alkyl halides is 2. The van der Waals surface area contributed by atoms with E-state index < -0.39 is 11.5 Å². The normalized spacial score (nSPS) is 21.1. The summed E-state index contributed by atoms with van der Waals surface area (Å²) in [5, 5.41) is 3.36. The van der Waals surface area contributed by atoms with Gasteiger partial charge in [-0.25, -0.2) is 8.78 Å². The third-order valence-corrected chi connectivity index (χ3v) is 6.48. The van der Waals surface area contributed by atoms with Crippen LogP contribution in [0.15, 0.2) is 24.3 Å². The predicted molar refractivity (Wildman–Crippen MR) is 114 cm³/mol. The van der Waals surface area contributed by atoms with Gasteiger partial charge in [0.15, 0.2) is 5.60 Å². The number of likely N-dealkylation sites (tertiary alicyclic amines) is 1. The van der Waals surface area contributed by atoms with Crippen LogP contribution in [0, 0.1) is 5.92 Å². The van der Waals surface area contributed by atoms with Crippen molar-refractivity contribution in [2.45, 2.75) is 50.0 Å². The second-order valence-corrected chi connectivity index (χ2v) is 8.86. The Kier molecular flexibility index (Phi) is 7.50. The third kappa shape index (κ3) is 5.78. The number of carbonyl (C=O) groups excluding carboxylic acids is 2. The van der Waals surface area contributed by atoms with Gasteiger partial charge < -0.3 is 15.0 Å². The second-order valence-electron chi connectivity index (χ2n) is 8.10. The zero-order chi connectivity index (χ0) is 21.8. The van der Waals surface area contributed by atoms with Crippen molar-refractivity contribution < 1.29 is 23.1 Å². The summed E-state index contributed by atoms with van der Waals surface area (Å²) in [5.74, 6) is -2.25. The molecule has 2 fully saturated rings. The van der Waals surface area contributed by atoms with Gasteiger partial charge in [0.1, 0.15) is 5.75 Å². The van der Waals surface area contributed by atoms with Gasteiger partial charge >= 0.3 is 0 Å². The molecule has 1 aliphatic carbocycles. The van der Waals surface area contributed by atoms with E-state index in [4.69, 9.17) is 16.3 Å². The lowest BCUT2D eigenvalue weighted by atomic mass is 9.80. The first-order valence-corrected chi connectivity index (χ1v) is 11.2. The number of benzene rings is 1. The van der Waals surface area contributed by atoms with Gasteiger partial charge in [-0.05, 0) is 43.0 Å². The summed E-state index contributed by atoms with van der Waals surface area (Å²) in [6.45, 7) is 1.59. The maximum Gasteiger partial charge on any atom is 0.266 e. The molecule has 30 heavy (non-hydrogen) atoms. The van der Waals surface area contributed by atoms with E-state index in [2.05, 4.69) is 17.9 Å². The number of hydrogen-bond donors (Lipinski definition) is 2. The fourth-order valence-corrected chi connectivity index (χ4v) is 4.29. The number of nitrogens with zero attached hydrogens (tertiary/aromatic N) is 1. The van der Waals surface area contributed by atoms with Crippen molar-refractivity contribution in [2.24, 2.45) is 5.92 Å². The molecule has 0 bridgehead atoms. The molecule has 0 radical (unpaired) electrons. The minimum Gasteiger partial charge on any atom is -0.477 e. The molecule has 0 aromatic heterocycles. The van der Waals surface area contributed by atoms with Crippen molar-refractivity contribution in [3.63, 3.8) is 0 Å². The average molecular weight is 461 g/mol. The molecule has 1 saturated carbocycles. The van der Waals surface area contributed by atoms with Gasteiger partial charge in [0.05, 0.1) is 5.75 Å². The Hall–Kier alpha value is -1.54. The van der Waals surface area contributed by atoms with Gasteiger partial charge in [-0.2, -0.15) is 12.6 Å². The highest BCUT2D eigenvalue weighted by atomic mass is 35.5. The molecule has 1 N–H and O–H groups in total. The highest BCUT2D eigenvalue weighted by molar-refractivity contribution is 7.81. The zero-order valence-electron chi connectivity index (χ0n) is 16.7. The zero-order valence-corrected chi connectivity index (χ0v) is 18.4. The molecule has 1 saturated heterocycles. The van der Waals surface area contributed by atoms with E-state index in [1.807, 2.05) is 0 Å². The van der Waals surface area contributed by atoms with Crippen molar-refractivity contribution in [2.75, 3.05) is 25.4 Å². The minimum absolute atomic E-state index is 0.0284. The third-order valence-electron chi connectivity index (χ3n) is 5.94. The van der Waals surface area contributed by atoms with E-state index >= 15 is 0 Å². The molecule has 0 spiro atoms. The molecule has 1 heterocycles. The predicted octanol–water partition coefficient (Wildman–Crippen LogP) is 3.95. The van der Waals surface area contributed by atoms with Gasteiger partial charge in [-0.3, -0.25) is 9.59 Å². The van der Waals surface area contributed by atoms with Crippen LogP contribution in [0.3, 0.4) is 0 Å². The largest absolute Gasteiger partial charge is 0.477 e. The monoisotopic (exact) mass is 460 g/mol. The summed E-state index contributed by atoms with van der Waals surface area (Å²) in [5.41, 5.74) is -1.29. The molecule has 2 amide bonds. The molecule has 3 rings (SSSR count). The molecule has 9 heteroatoms. The first-order chi connectivity index (χ1) is 14.2. The van der Waals surface area contributed by atoms with Crippen LogP contribution in [0.2, 0.25) is 5.02 Å². The number of carbonyl (C=O) groups is 2. The van der Waals surface area contributed by atoms with E-state index in [0.717, 1.165) is 12.8 Å². The number of amides is 2. The molecule has 1 aromatic rings. The Bertz CT molecular complexity index is 745. The van der Waals surface area contributed by atoms with Crippen molar-refractivity contribution in [3.8, 4) is 5.75 Å². The number of halogens is 3. The fourth-order valence-electron chi connectivity index (χ4n) is 4.05. The number of piperidine rings is 1. The Morgan fingerprint density at radius 2 is 1.73 bits per heavy atom. The number of hydrogen-bond acceptors (Lipinski definition) is 4. The van der Waals surface area contributed by atoms with E-state index in [9.17, 15) is 18.4 Å². The number of ether oxygens (including phenoxy) is 1. The summed E-state index contributed by atoms with van der Waals surface area (Å²) in [7, 11) is 0. The first-order valence-electron chi connectivity index (χ1n) is 10.2. The van der Waals surface area contributed by atoms with Crippen molar-refractivity contribution in [3.05, 3.63) is 29.3 Å². The van der Waals surface area contributed by atoms with Crippen LogP contribution >= 0.6 is 24.2 Å². The molecule has 2 aliphatic rings. The van der Waals surface area contributed by atoms with E-state index in [-0.39, 0.29) is 49.2 Å². The lowest BCUT2D eigenvalue weighted by molar-refractivity contribution is -0.161. The average Bonchev–Trinajstić information content (AvgIpc) is 2.75. The Labute approximate surface area is 185 Å². The Morgan fingerprint density at radius 3 is 2.30 bits per heavy atom. The SMILES string of the molecule is O=C(CS)NCC1CCN(C(=O)C2(Oc3ccc(Cl)cc3)CCC(F)(F)CC2)CC1. The van der Waals surface area contributed by atoms with E-state index in [1.54, 1.807) is 29.2 Å². The van der Waals surface area contributed by atoms with Crippen LogP contribution in [0.4, 0.5) is 8.78 Å². The lowest BCUT2D eigenvalue weighted by Gasteiger charge is -2.43. The van der Waals surface area contributed by atoms with Crippen molar-refractivity contribution in [1.29, 1.82) is 0 Å². The van der Waals surface area contributed by atoms with Gasteiger partial charge in [-0.15, -0.1) is 0 Å². The van der Waals surface area contributed by atoms with Crippen molar-refractivity contribution >= 4 is 36.0 Å². The molecular weight excluding hydrogens is 434 g/mol. The highest BCUT2D eigenvalue weighted by Gasteiger charge is 2.51. The van der Waals surface area contributed by atoms with Gasteiger partial charge in [0.25, 0.3) is 5.91 Å². The maximum absolute atomic E-state index is 13.8. The van der Waals surface area contributed by atoms with Crippen LogP contribution < -0.4 is 10.1 Å². The highest BCUT2D eigenvalue weighted by Crippen LogP contribution is 2.42. The molecule has 1 aromatic carbocycles. The molecular formula is C21H27ClF2N2O3S. The number of rotatable bonds is 6. The maximum atomic E-state index is 13.8. The first kappa shape index (κ1) is 23.1. The molecule has 5 nitrogen and oxygen atoms in total. The molecule has 0 unspecified atom stereocenters. The van der Waals surface area contributed by atoms with Crippen LogP contribution in [0.25, 0.3) is 0 Å². The van der Waals surface area contributed by atoms with Gasteiger partial charge in [0, 0.05) is 50.3 Å². The van der Waals surface area contributed by atoms with Crippen LogP contribution in [0.5, 0.6) is 5.75 Å². The summed E-state index contributed by atoms with van der Waals surface area (Å²) >= 11 is 9.86. The van der Waals surface area contributed by atoms with Gasteiger partial charge in [-0.1, -0.05) is 11.6 Å². The van der Waals surface area contributed by atoms with Crippen LogP contribution in [-0.2, 0) is 9.59 Å². The number of nitrogens with one attached hydrogen (secondary N) is 1. The molecule has 1 aliphatic heterocycles. The quantitative estimate of drug-likeness (QED) is 0.632. The van der Waals surface area contributed by atoms with Crippen molar-refractivity contribution in [1.82, 2.24) is 10.2 Å². The standard InChI is InChI=1S/C21H27ClF2N2O3S/c22-16-1-3-17(4-2-16)29-20(7-9-21(23,24)10-8-20)19(28)26-11-5-15(6-12-26)13-25-18(27)14-30/h1-4,15,30H,5-14H2,(H,25,27). The number of thiol groups is 1. The summed E-state index contributed by atoms with van der Waals surface area (Å²) in [6.07, 6.45) is 0.674. The minimum atomic E-state index is -2.77. The van der Waals surface area contributed by atoms with Gasteiger partial charge in [0.2, 0.25) is 11.8 Å². The van der Waals surface area contributed by atoms with E-state index in [1.165, 1.54) is 0 Å². The van der Waals surface area contributed by atoms with E-state index in [0.29, 0.717) is 30.4 Å². The summed E-state index contributed by atoms with van der Waals surface area (Å²) in [6, 6.07) is 6.61. The fraction of sp³-hybridized carbons (Fsp3) is 0.619. The smallest absolute Gasteiger partial charge is 0.266 e. The molecule has 0 atom stereocenters. The van der Waals surface area contributed by atoms with Crippen LogP contribution in [0.1, 0.15) is 38.5 Å². The Balaban J connectivity index is 1.67. The lowest BCUT2D eigenvalue weighted by Crippen LogP contribution is -2.57. The summed E-state index contributed by atoms with van der Waals surface area (Å²) in [4.78, 5) is 26.5. The van der Waals surface area contributed by atoms with Crippen LogP contribution in [-0.4, -0.2) is 53.6 Å². The summed E-state index contributed by atoms with van der Waals surface area (Å²) < 4.78 is 33.8. The molecule has 166 valence electrons. The Morgan fingerprint density at radius 1 is 1.13 bits per heavy atom. The second kappa shape index (κ2) is 9.73.